The van der Waals surface area contributed by atoms with Gasteiger partial charge in [0.2, 0.25) is 0 Å². The lowest BCUT2D eigenvalue weighted by Crippen LogP contribution is -1.96. The Bertz CT molecular complexity index is 692. The van der Waals surface area contributed by atoms with E-state index in [1.807, 2.05) is 18.2 Å². The molecule has 0 fully saturated rings. The molecule has 0 aliphatic carbocycles. The van der Waals surface area contributed by atoms with Gasteiger partial charge in [0.05, 0.1) is 21.8 Å². The Kier molecular flexibility index (Phi) is 3.56. The zero-order valence-corrected chi connectivity index (χ0v) is 13.1. The van der Waals surface area contributed by atoms with Crippen molar-refractivity contribution in [1.82, 2.24) is 4.98 Å². The second kappa shape index (κ2) is 5.17. The highest BCUT2D eigenvalue weighted by molar-refractivity contribution is 9.10. The molecule has 18 heavy (non-hydrogen) atoms. The molecule has 0 saturated heterocycles. The van der Waals surface area contributed by atoms with Crippen molar-refractivity contribution >= 4 is 65.6 Å². The lowest BCUT2D eigenvalue weighted by Gasteiger charge is -1.99. The number of fused-ring (bicyclic) bond motifs is 1. The summed E-state index contributed by atoms with van der Waals surface area (Å²) < 4.78 is 2.17. The van der Waals surface area contributed by atoms with E-state index >= 15 is 0 Å². The maximum absolute atomic E-state index is 6.13. The van der Waals surface area contributed by atoms with Gasteiger partial charge in [-0.3, -0.25) is 0 Å². The van der Waals surface area contributed by atoms with Crippen molar-refractivity contribution in [2.75, 3.05) is 5.32 Å². The summed E-state index contributed by atoms with van der Waals surface area (Å²) in [7, 11) is 0. The number of thiophene rings is 1. The van der Waals surface area contributed by atoms with Crippen LogP contribution in [0.15, 0.2) is 34.1 Å². The molecular formula is C12H8BrClN2S2. The lowest BCUT2D eigenvalue weighted by atomic mass is 10.3. The van der Waals surface area contributed by atoms with E-state index in [-0.39, 0.29) is 0 Å². The van der Waals surface area contributed by atoms with Gasteiger partial charge in [0, 0.05) is 9.35 Å². The molecule has 0 radical (unpaired) electrons. The Morgan fingerprint density at radius 2 is 2.22 bits per heavy atom. The van der Waals surface area contributed by atoms with E-state index in [9.17, 15) is 0 Å². The summed E-state index contributed by atoms with van der Waals surface area (Å²) in [5, 5.41) is 7.06. The standard InChI is InChI=1S/C12H8BrClN2S2/c13-7-4-5-17-10(7)6-15-12-16-9-3-1-2-8(14)11(9)18-12/h1-5H,6H2,(H,15,16). The fourth-order valence-electron chi connectivity index (χ4n) is 1.60. The molecule has 0 unspecified atom stereocenters. The van der Waals surface area contributed by atoms with Gasteiger partial charge >= 0.3 is 0 Å². The van der Waals surface area contributed by atoms with Crippen LogP contribution in [0.1, 0.15) is 4.88 Å². The van der Waals surface area contributed by atoms with Crippen molar-refractivity contribution < 1.29 is 0 Å². The van der Waals surface area contributed by atoms with E-state index in [0.29, 0.717) is 0 Å². The molecule has 0 amide bonds. The first kappa shape index (κ1) is 12.4. The average Bonchev–Trinajstić information content (AvgIpc) is 2.93. The highest BCUT2D eigenvalue weighted by Gasteiger charge is 2.07. The quantitative estimate of drug-likeness (QED) is 0.678. The van der Waals surface area contributed by atoms with Gasteiger partial charge in [0.1, 0.15) is 0 Å². The summed E-state index contributed by atoms with van der Waals surface area (Å²) in [5.74, 6) is 0. The second-order valence-corrected chi connectivity index (χ2v) is 6.91. The van der Waals surface area contributed by atoms with E-state index in [2.05, 4.69) is 37.7 Å². The topological polar surface area (TPSA) is 24.9 Å². The number of halogens is 2. The maximum Gasteiger partial charge on any atom is 0.184 e. The molecule has 0 aliphatic heterocycles. The van der Waals surface area contributed by atoms with E-state index in [1.54, 1.807) is 22.7 Å². The second-order valence-electron chi connectivity index (χ2n) is 3.65. The zero-order valence-electron chi connectivity index (χ0n) is 9.11. The molecule has 0 spiro atoms. The largest absolute Gasteiger partial charge is 0.357 e. The zero-order chi connectivity index (χ0) is 12.5. The van der Waals surface area contributed by atoms with Crippen molar-refractivity contribution in [1.29, 1.82) is 0 Å². The van der Waals surface area contributed by atoms with Crippen LogP contribution in [0, 0.1) is 0 Å². The highest BCUT2D eigenvalue weighted by Crippen LogP contribution is 2.32. The molecule has 6 heteroatoms. The molecule has 2 aromatic heterocycles. The molecule has 3 rings (SSSR count). The van der Waals surface area contributed by atoms with Crippen LogP contribution in [0.4, 0.5) is 5.13 Å². The molecule has 1 aromatic carbocycles. The van der Waals surface area contributed by atoms with E-state index in [1.165, 1.54) is 4.88 Å². The third kappa shape index (κ3) is 2.40. The van der Waals surface area contributed by atoms with E-state index in [4.69, 9.17) is 11.6 Å². The number of hydrogen-bond acceptors (Lipinski definition) is 4. The predicted molar refractivity (Wildman–Crippen MR) is 84.0 cm³/mol. The minimum Gasteiger partial charge on any atom is -0.357 e. The number of anilines is 1. The Morgan fingerprint density at radius 1 is 1.33 bits per heavy atom. The smallest absolute Gasteiger partial charge is 0.184 e. The summed E-state index contributed by atoms with van der Waals surface area (Å²) in [6, 6.07) is 7.84. The van der Waals surface area contributed by atoms with Gasteiger partial charge < -0.3 is 5.32 Å². The van der Waals surface area contributed by atoms with Crippen molar-refractivity contribution in [3.05, 3.63) is 44.0 Å². The summed E-state index contributed by atoms with van der Waals surface area (Å²) in [4.78, 5) is 5.78. The normalized spacial score (nSPS) is 11.0. The fourth-order valence-corrected chi connectivity index (χ4v) is 4.18. The van der Waals surface area contributed by atoms with Crippen LogP contribution >= 0.6 is 50.2 Å². The maximum atomic E-state index is 6.13. The summed E-state index contributed by atoms with van der Waals surface area (Å²) in [6.07, 6.45) is 0. The van der Waals surface area contributed by atoms with Gasteiger partial charge in [-0.15, -0.1) is 11.3 Å². The van der Waals surface area contributed by atoms with Crippen LogP contribution in [0.25, 0.3) is 10.2 Å². The van der Waals surface area contributed by atoms with Crippen molar-refractivity contribution in [3.8, 4) is 0 Å². The van der Waals surface area contributed by atoms with Crippen LogP contribution in [0.3, 0.4) is 0 Å². The van der Waals surface area contributed by atoms with Gasteiger partial charge in [-0.1, -0.05) is 29.0 Å². The molecule has 2 nitrogen and oxygen atoms in total. The number of benzene rings is 1. The van der Waals surface area contributed by atoms with E-state index < -0.39 is 0 Å². The number of hydrogen-bond donors (Lipinski definition) is 1. The Labute approximate surface area is 126 Å². The summed E-state index contributed by atoms with van der Waals surface area (Å²) in [5.41, 5.74) is 0.945. The Morgan fingerprint density at radius 3 is 2.94 bits per heavy atom. The molecule has 0 bridgehead atoms. The van der Waals surface area contributed by atoms with E-state index in [0.717, 1.165) is 31.4 Å². The number of thiazole rings is 1. The first-order valence-electron chi connectivity index (χ1n) is 5.25. The third-order valence-corrected chi connectivity index (χ3v) is 5.87. The monoisotopic (exact) mass is 358 g/mol. The van der Waals surface area contributed by atoms with Gasteiger partial charge in [-0.05, 0) is 39.5 Å². The van der Waals surface area contributed by atoms with Crippen LogP contribution in [0.5, 0.6) is 0 Å². The third-order valence-electron chi connectivity index (χ3n) is 2.46. The number of nitrogens with zero attached hydrogens (tertiary/aromatic N) is 1. The summed E-state index contributed by atoms with van der Waals surface area (Å²) in [6.45, 7) is 0.774. The molecule has 0 aliphatic rings. The molecular weight excluding hydrogens is 352 g/mol. The molecule has 92 valence electrons. The SMILES string of the molecule is Clc1cccc2nc(NCc3sccc3Br)sc12. The van der Waals surface area contributed by atoms with Gasteiger partial charge in [-0.2, -0.15) is 0 Å². The van der Waals surface area contributed by atoms with Crippen molar-refractivity contribution in [2.24, 2.45) is 0 Å². The summed E-state index contributed by atoms with van der Waals surface area (Å²) >= 11 is 13.0. The Balaban J connectivity index is 1.83. The minimum atomic E-state index is 0.760. The van der Waals surface area contributed by atoms with Crippen molar-refractivity contribution in [3.63, 3.8) is 0 Å². The molecule has 0 saturated carbocycles. The predicted octanol–water partition coefficient (Wildman–Crippen LogP) is 5.39. The molecule has 3 aromatic rings. The minimum absolute atomic E-state index is 0.760. The average molecular weight is 360 g/mol. The first-order valence-corrected chi connectivity index (χ1v) is 8.11. The van der Waals surface area contributed by atoms with Gasteiger partial charge in [0.25, 0.3) is 0 Å². The van der Waals surface area contributed by atoms with Crippen LogP contribution < -0.4 is 5.32 Å². The van der Waals surface area contributed by atoms with Gasteiger partial charge in [0.15, 0.2) is 5.13 Å². The number of nitrogens with one attached hydrogen (secondary N) is 1. The molecule has 2 heterocycles. The highest BCUT2D eigenvalue weighted by atomic mass is 79.9. The fraction of sp³-hybridized carbons (Fsp3) is 0.0833. The number of rotatable bonds is 3. The van der Waals surface area contributed by atoms with Crippen LogP contribution in [0.2, 0.25) is 5.02 Å². The van der Waals surface area contributed by atoms with Crippen molar-refractivity contribution in [2.45, 2.75) is 6.54 Å². The van der Waals surface area contributed by atoms with Gasteiger partial charge in [-0.25, -0.2) is 4.98 Å². The molecule has 0 atom stereocenters. The first-order chi connectivity index (χ1) is 8.74. The molecule has 1 N–H and O–H groups in total. The Hall–Kier alpha value is -0.620. The lowest BCUT2D eigenvalue weighted by molar-refractivity contribution is 1.17. The number of aromatic nitrogens is 1. The van der Waals surface area contributed by atoms with Crippen LogP contribution in [-0.4, -0.2) is 4.98 Å². The van der Waals surface area contributed by atoms with Crippen LogP contribution in [-0.2, 0) is 6.54 Å².